The minimum Gasteiger partial charge on any atom is -0.461 e. The minimum absolute atomic E-state index is 0.213. The van der Waals surface area contributed by atoms with E-state index in [9.17, 15) is 9.18 Å². The highest BCUT2D eigenvalue weighted by atomic mass is 32.1. The first-order chi connectivity index (χ1) is 18.1. The number of nitrogens with one attached hydrogen (secondary N) is 1. The molecular formula is C28H32FN5O2S. The number of piperidine rings is 1. The molecule has 0 bridgehead atoms. The van der Waals surface area contributed by atoms with E-state index in [-0.39, 0.29) is 11.8 Å². The SMILES string of the molecule is CCOC(=O)c1csc(NCCN2CCC(Cc3nc4ccccc4n3Cc3ccc(F)cc3)CC2)n1. The Balaban J connectivity index is 1.14. The number of likely N-dealkylation sites (tertiary alicyclic amines) is 1. The number of imidazole rings is 1. The van der Waals surface area contributed by atoms with Crippen molar-refractivity contribution in [2.75, 3.05) is 38.1 Å². The fourth-order valence-electron chi connectivity index (χ4n) is 4.88. The highest BCUT2D eigenvalue weighted by Crippen LogP contribution is 2.25. The van der Waals surface area contributed by atoms with Gasteiger partial charge in [-0.05, 0) is 68.6 Å². The molecule has 0 aliphatic carbocycles. The van der Waals surface area contributed by atoms with Gasteiger partial charge < -0.3 is 19.5 Å². The smallest absolute Gasteiger partial charge is 0.357 e. The summed E-state index contributed by atoms with van der Waals surface area (Å²) >= 11 is 1.43. The zero-order valence-corrected chi connectivity index (χ0v) is 21.8. The number of esters is 1. The molecule has 4 aromatic rings. The lowest BCUT2D eigenvalue weighted by molar-refractivity contribution is 0.0520. The van der Waals surface area contributed by atoms with E-state index in [0.717, 1.165) is 73.0 Å². The van der Waals surface area contributed by atoms with Crippen LogP contribution < -0.4 is 5.32 Å². The van der Waals surface area contributed by atoms with Crippen molar-refractivity contribution in [1.29, 1.82) is 0 Å². The van der Waals surface area contributed by atoms with Gasteiger partial charge in [-0.25, -0.2) is 19.2 Å². The molecule has 1 aliphatic rings. The molecular weight excluding hydrogens is 489 g/mol. The average Bonchev–Trinajstić information content (AvgIpc) is 3.52. The van der Waals surface area contributed by atoms with Gasteiger partial charge in [-0.2, -0.15) is 0 Å². The van der Waals surface area contributed by atoms with Gasteiger partial charge in [0.1, 0.15) is 11.6 Å². The van der Waals surface area contributed by atoms with E-state index in [4.69, 9.17) is 9.72 Å². The van der Waals surface area contributed by atoms with Crippen molar-refractivity contribution in [3.8, 4) is 0 Å². The van der Waals surface area contributed by atoms with Gasteiger partial charge in [-0.15, -0.1) is 11.3 Å². The predicted octanol–water partition coefficient (Wildman–Crippen LogP) is 5.22. The van der Waals surface area contributed by atoms with Gasteiger partial charge in [0.15, 0.2) is 10.8 Å². The Morgan fingerprint density at radius 1 is 1.14 bits per heavy atom. The number of hydrogen-bond donors (Lipinski definition) is 1. The Bertz CT molecular complexity index is 1330. The molecule has 7 nitrogen and oxygen atoms in total. The van der Waals surface area contributed by atoms with Crippen molar-refractivity contribution >= 4 is 33.5 Å². The molecule has 0 atom stereocenters. The van der Waals surface area contributed by atoms with E-state index in [1.165, 1.54) is 23.5 Å². The first-order valence-electron chi connectivity index (χ1n) is 12.9. The van der Waals surface area contributed by atoms with Gasteiger partial charge >= 0.3 is 5.97 Å². The van der Waals surface area contributed by atoms with Gasteiger partial charge in [-0.3, -0.25) is 0 Å². The fraction of sp³-hybridized carbons (Fsp3) is 0.393. The summed E-state index contributed by atoms with van der Waals surface area (Å²) in [4.78, 5) is 23.6. The lowest BCUT2D eigenvalue weighted by atomic mass is 9.93. The standard InChI is InChI=1S/C28H32FN5O2S/c1-2-36-27(35)24-19-37-28(32-24)30-13-16-33-14-11-20(12-15-33)17-26-31-23-5-3-4-6-25(23)34(26)18-21-7-9-22(29)10-8-21/h3-10,19-20H,2,11-18H2,1H3,(H,30,32). The summed E-state index contributed by atoms with van der Waals surface area (Å²) < 4.78 is 20.7. The number of benzene rings is 2. The molecule has 1 N–H and O–H groups in total. The molecule has 0 saturated carbocycles. The number of halogens is 1. The van der Waals surface area contributed by atoms with Crippen LogP contribution in [0.15, 0.2) is 53.9 Å². The van der Waals surface area contributed by atoms with Crippen molar-refractivity contribution in [1.82, 2.24) is 19.4 Å². The molecule has 3 heterocycles. The van der Waals surface area contributed by atoms with Crippen LogP contribution in [0, 0.1) is 11.7 Å². The Morgan fingerprint density at radius 3 is 2.70 bits per heavy atom. The van der Waals surface area contributed by atoms with Crippen LogP contribution in [0.3, 0.4) is 0 Å². The number of thiazole rings is 1. The van der Waals surface area contributed by atoms with Gasteiger partial charge in [-0.1, -0.05) is 24.3 Å². The lowest BCUT2D eigenvalue weighted by Crippen LogP contribution is -2.37. The highest BCUT2D eigenvalue weighted by molar-refractivity contribution is 7.13. The number of carbonyl (C=O) groups excluding carboxylic acids is 1. The quantitative estimate of drug-likeness (QED) is 0.289. The number of ether oxygens (including phenoxy) is 1. The number of fused-ring (bicyclic) bond motifs is 1. The summed E-state index contributed by atoms with van der Waals surface area (Å²) in [6.07, 6.45) is 3.20. The Hall–Kier alpha value is -3.30. The number of para-hydroxylation sites is 2. The molecule has 1 fully saturated rings. The molecule has 0 spiro atoms. The molecule has 0 unspecified atom stereocenters. The normalized spacial score (nSPS) is 14.8. The van der Waals surface area contributed by atoms with Crippen LogP contribution >= 0.6 is 11.3 Å². The van der Waals surface area contributed by atoms with Crippen LogP contribution in [0.5, 0.6) is 0 Å². The third-order valence-electron chi connectivity index (χ3n) is 6.86. The minimum atomic E-state index is -0.375. The van der Waals surface area contributed by atoms with Gasteiger partial charge in [0.05, 0.1) is 17.6 Å². The summed E-state index contributed by atoms with van der Waals surface area (Å²) in [7, 11) is 0. The van der Waals surface area contributed by atoms with Crippen LogP contribution in [0.4, 0.5) is 9.52 Å². The van der Waals surface area contributed by atoms with E-state index in [2.05, 4.69) is 31.9 Å². The second-order valence-corrected chi connectivity index (χ2v) is 10.3. The van der Waals surface area contributed by atoms with Gasteiger partial charge in [0.2, 0.25) is 0 Å². The third kappa shape index (κ3) is 6.34. The van der Waals surface area contributed by atoms with Crippen molar-refractivity contribution in [2.24, 2.45) is 5.92 Å². The van der Waals surface area contributed by atoms with Crippen LogP contribution in [0.2, 0.25) is 0 Å². The van der Waals surface area contributed by atoms with Crippen molar-refractivity contribution < 1.29 is 13.9 Å². The molecule has 2 aromatic carbocycles. The topological polar surface area (TPSA) is 72.3 Å². The fourth-order valence-corrected chi connectivity index (χ4v) is 5.59. The number of hydrogen-bond acceptors (Lipinski definition) is 7. The molecule has 194 valence electrons. The van der Waals surface area contributed by atoms with Crippen molar-refractivity contribution in [2.45, 2.75) is 32.7 Å². The maximum atomic E-state index is 13.4. The molecule has 2 aromatic heterocycles. The first kappa shape index (κ1) is 25.4. The van der Waals surface area contributed by atoms with E-state index in [0.29, 0.717) is 24.8 Å². The molecule has 1 aliphatic heterocycles. The molecule has 5 rings (SSSR count). The molecule has 37 heavy (non-hydrogen) atoms. The number of aromatic nitrogens is 3. The maximum Gasteiger partial charge on any atom is 0.357 e. The Kier molecular flexibility index (Phi) is 8.11. The van der Waals surface area contributed by atoms with Crippen LogP contribution in [0.25, 0.3) is 11.0 Å². The van der Waals surface area contributed by atoms with Crippen molar-refractivity contribution in [3.05, 3.63) is 76.8 Å². The Labute approximate surface area is 220 Å². The number of rotatable bonds is 10. The van der Waals surface area contributed by atoms with E-state index in [1.807, 2.05) is 24.3 Å². The summed E-state index contributed by atoms with van der Waals surface area (Å²) in [5.41, 5.74) is 3.57. The van der Waals surface area contributed by atoms with E-state index < -0.39 is 0 Å². The van der Waals surface area contributed by atoms with E-state index >= 15 is 0 Å². The molecule has 1 saturated heterocycles. The third-order valence-corrected chi connectivity index (χ3v) is 7.66. The zero-order chi connectivity index (χ0) is 25.6. The van der Waals surface area contributed by atoms with E-state index in [1.54, 1.807) is 12.3 Å². The number of carbonyl (C=O) groups is 1. The van der Waals surface area contributed by atoms with Crippen molar-refractivity contribution in [3.63, 3.8) is 0 Å². The summed E-state index contributed by atoms with van der Waals surface area (Å²) in [5.74, 6) is 1.10. The van der Waals surface area contributed by atoms with Crippen LogP contribution in [0.1, 0.15) is 41.6 Å². The largest absolute Gasteiger partial charge is 0.461 e. The molecule has 0 radical (unpaired) electrons. The summed E-state index contributed by atoms with van der Waals surface area (Å²) in [6, 6.07) is 15.0. The zero-order valence-electron chi connectivity index (χ0n) is 21.0. The van der Waals surface area contributed by atoms with Gasteiger partial charge in [0.25, 0.3) is 0 Å². The predicted molar refractivity (Wildman–Crippen MR) is 145 cm³/mol. The molecule has 9 heteroatoms. The second-order valence-electron chi connectivity index (χ2n) is 9.40. The average molecular weight is 522 g/mol. The second kappa shape index (κ2) is 11.8. The monoisotopic (exact) mass is 521 g/mol. The van der Waals surface area contributed by atoms with Gasteiger partial charge in [0, 0.05) is 31.4 Å². The Morgan fingerprint density at radius 2 is 1.92 bits per heavy atom. The molecule has 0 amide bonds. The number of anilines is 1. The first-order valence-corrected chi connectivity index (χ1v) is 13.7. The van der Waals surface area contributed by atoms with Crippen LogP contribution in [-0.4, -0.2) is 58.2 Å². The number of nitrogens with zero attached hydrogens (tertiary/aromatic N) is 4. The maximum absolute atomic E-state index is 13.4. The van der Waals surface area contributed by atoms with Crippen LogP contribution in [-0.2, 0) is 17.7 Å². The summed E-state index contributed by atoms with van der Waals surface area (Å²) in [5, 5.41) is 5.81. The summed E-state index contributed by atoms with van der Waals surface area (Å²) in [6.45, 7) is 6.65. The lowest BCUT2D eigenvalue weighted by Gasteiger charge is -2.31. The highest BCUT2D eigenvalue weighted by Gasteiger charge is 2.22.